The van der Waals surface area contributed by atoms with E-state index in [1.807, 2.05) is 50.2 Å². The van der Waals surface area contributed by atoms with E-state index in [0.29, 0.717) is 5.56 Å². The van der Waals surface area contributed by atoms with Gasteiger partial charge in [-0.25, -0.2) is 4.39 Å². The number of hydrogen-bond donors (Lipinski definition) is 1. The molecule has 0 aliphatic carbocycles. The van der Waals surface area contributed by atoms with Gasteiger partial charge in [-0.15, -0.1) is 0 Å². The Labute approximate surface area is 202 Å². The van der Waals surface area contributed by atoms with E-state index in [1.165, 1.54) is 21.8 Å². The quantitative estimate of drug-likeness (QED) is 0.489. The van der Waals surface area contributed by atoms with Crippen LogP contribution in [0.1, 0.15) is 29.9 Å². The van der Waals surface area contributed by atoms with Crippen LogP contribution in [0.15, 0.2) is 77.7 Å². The SMILES string of the molecule is CC.O=C1c2c(O)c(=O)ccn2N2Cc3ccc(F)c(F)c3OC/C=C/CN1C2.c1ccccc1. The zero-order valence-corrected chi connectivity index (χ0v) is 19.5. The highest BCUT2D eigenvalue weighted by molar-refractivity contribution is 5.96. The predicted molar refractivity (Wildman–Crippen MR) is 129 cm³/mol. The number of aromatic nitrogens is 1. The molecule has 5 rings (SSSR count). The smallest absolute Gasteiger partial charge is 0.278 e. The lowest BCUT2D eigenvalue weighted by Crippen LogP contribution is -2.53. The van der Waals surface area contributed by atoms with Crippen molar-refractivity contribution in [2.75, 3.05) is 24.8 Å². The van der Waals surface area contributed by atoms with Crippen LogP contribution >= 0.6 is 0 Å². The minimum atomic E-state index is -1.09. The number of carbonyl (C=O) groups excluding carboxylic acids is 1. The molecule has 0 unspecified atom stereocenters. The predicted octanol–water partition coefficient (Wildman–Crippen LogP) is 4.05. The zero-order chi connectivity index (χ0) is 25.4. The Morgan fingerprint density at radius 2 is 1.60 bits per heavy atom. The number of carbonyl (C=O) groups is 1. The van der Waals surface area contributed by atoms with Crippen molar-refractivity contribution in [3.63, 3.8) is 0 Å². The Hall–Kier alpha value is -4.14. The number of amides is 1. The molecular formula is C26H27F2N3O4. The molecule has 0 atom stereocenters. The third kappa shape index (κ3) is 5.68. The molecule has 3 heterocycles. The summed E-state index contributed by atoms with van der Waals surface area (Å²) in [6, 6.07) is 15.5. The minimum Gasteiger partial charge on any atom is -0.502 e. The number of halogens is 2. The van der Waals surface area contributed by atoms with Crippen LogP contribution in [0, 0.1) is 11.6 Å². The van der Waals surface area contributed by atoms with Gasteiger partial charge in [0.05, 0.1) is 6.54 Å². The van der Waals surface area contributed by atoms with Crippen molar-refractivity contribution < 1.29 is 23.4 Å². The highest BCUT2D eigenvalue weighted by Crippen LogP contribution is 2.28. The third-order valence-electron chi connectivity index (χ3n) is 5.15. The molecule has 1 aromatic heterocycles. The highest BCUT2D eigenvalue weighted by atomic mass is 19.2. The lowest BCUT2D eigenvalue weighted by Gasteiger charge is -2.39. The fourth-order valence-electron chi connectivity index (χ4n) is 3.53. The van der Waals surface area contributed by atoms with Gasteiger partial charge in [-0.2, -0.15) is 4.39 Å². The van der Waals surface area contributed by atoms with Gasteiger partial charge in [-0.3, -0.25) is 19.3 Å². The summed E-state index contributed by atoms with van der Waals surface area (Å²) in [5.74, 6) is -3.48. The largest absolute Gasteiger partial charge is 0.502 e. The van der Waals surface area contributed by atoms with E-state index in [1.54, 1.807) is 17.2 Å². The Kier molecular flexibility index (Phi) is 8.61. The van der Waals surface area contributed by atoms with Gasteiger partial charge >= 0.3 is 0 Å². The van der Waals surface area contributed by atoms with E-state index in [4.69, 9.17) is 4.74 Å². The van der Waals surface area contributed by atoms with Crippen LogP contribution in [0.3, 0.4) is 0 Å². The van der Waals surface area contributed by atoms with Crippen molar-refractivity contribution in [2.24, 2.45) is 0 Å². The van der Waals surface area contributed by atoms with E-state index in [0.717, 1.165) is 12.1 Å². The number of hydrogen-bond acceptors (Lipinski definition) is 5. The summed E-state index contributed by atoms with van der Waals surface area (Å²) >= 11 is 0. The van der Waals surface area contributed by atoms with Crippen LogP contribution in [0.25, 0.3) is 0 Å². The van der Waals surface area contributed by atoms with Crippen molar-refractivity contribution in [3.05, 3.63) is 106 Å². The number of benzene rings is 2. The molecule has 1 N–H and O–H groups in total. The summed E-state index contributed by atoms with van der Waals surface area (Å²) in [5, 5.41) is 11.7. The first-order valence-electron chi connectivity index (χ1n) is 11.2. The average molecular weight is 484 g/mol. The fourth-order valence-corrected chi connectivity index (χ4v) is 3.53. The van der Waals surface area contributed by atoms with Crippen molar-refractivity contribution in [3.8, 4) is 11.5 Å². The van der Waals surface area contributed by atoms with Crippen molar-refractivity contribution in [1.82, 2.24) is 9.58 Å². The molecule has 184 valence electrons. The van der Waals surface area contributed by atoms with Gasteiger partial charge in [-0.05, 0) is 12.1 Å². The van der Waals surface area contributed by atoms with Crippen LogP contribution in [0.5, 0.6) is 11.5 Å². The molecule has 2 aliphatic rings. The van der Waals surface area contributed by atoms with Crippen molar-refractivity contribution in [2.45, 2.75) is 20.4 Å². The lowest BCUT2D eigenvalue weighted by molar-refractivity contribution is 0.0706. The maximum atomic E-state index is 14.2. The second-order valence-electron chi connectivity index (χ2n) is 7.34. The first-order valence-corrected chi connectivity index (χ1v) is 11.2. The van der Waals surface area contributed by atoms with Gasteiger partial charge in [0.1, 0.15) is 13.3 Å². The van der Waals surface area contributed by atoms with Gasteiger partial charge in [0.25, 0.3) is 5.91 Å². The lowest BCUT2D eigenvalue weighted by atomic mass is 10.1. The van der Waals surface area contributed by atoms with Crippen LogP contribution in [-0.4, -0.2) is 40.4 Å². The summed E-state index contributed by atoms with van der Waals surface area (Å²) < 4.78 is 34.6. The number of rotatable bonds is 0. The normalized spacial score (nSPS) is 15.0. The van der Waals surface area contributed by atoms with Gasteiger partial charge in [0, 0.05) is 24.4 Å². The molecule has 1 amide bonds. The van der Waals surface area contributed by atoms with Gasteiger partial charge < -0.3 is 14.7 Å². The Bertz CT molecular complexity index is 1220. The van der Waals surface area contributed by atoms with Crippen molar-refractivity contribution in [1.29, 1.82) is 0 Å². The fraction of sp³-hybridized carbons (Fsp3) is 0.231. The van der Waals surface area contributed by atoms with E-state index < -0.39 is 28.7 Å². The third-order valence-corrected chi connectivity index (χ3v) is 5.15. The van der Waals surface area contributed by atoms with E-state index in [2.05, 4.69) is 0 Å². The number of fused-ring (bicyclic) bond motifs is 5. The van der Waals surface area contributed by atoms with Gasteiger partial charge in [-0.1, -0.05) is 62.4 Å². The van der Waals surface area contributed by atoms with E-state index in [9.17, 15) is 23.5 Å². The van der Waals surface area contributed by atoms with Gasteiger partial charge in [0.2, 0.25) is 11.2 Å². The van der Waals surface area contributed by atoms with Crippen LogP contribution in [-0.2, 0) is 6.54 Å². The molecule has 35 heavy (non-hydrogen) atoms. The maximum Gasteiger partial charge on any atom is 0.278 e. The molecule has 3 aromatic rings. The van der Waals surface area contributed by atoms with E-state index in [-0.39, 0.29) is 37.8 Å². The average Bonchev–Trinajstić information content (AvgIpc) is 2.92. The second kappa shape index (κ2) is 11.8. The molecule has 0 radical (unpaired) electrons. The summed E-state index contributed by atoms with van der Waals surface area (Å²) in [7, 11) is 0. The molecule has 7 nitrogen and oxygen atoms in total. The zero-order valence-electron chi connectivity index (χ0n) is 19.5. The number of ether oxygens (including phenoxy) is 1. The second-order valence-corrected chi connectivity index (χ2v) is 7.34. The molecular weight excluding hydrogens is 456 g/mol. The Balaban J connectivity index is 0.000000369. The van der Waals surface area contributed by atoms with E-state index >= 15 is 0 Å². The molecule has 2 aliphatic heterocycles. The van der Waals surface area contributed by atoms with Crippen LogP contribution in [0.4, 0.5) is 8.78 Å². The molecule has 9 heteroatoms. The maximum absolute atomic E-state index is 14.2. The number of aromatic hydroxyl groups is 1. The molecule has 0 saturated carbocycles. The molecule has 2 bridgehead atoms. The Morgan fingerprint density at radius 3 is 2.26 bits per heavy atom. The van der Waals surface area contributed by atoms with Crippen molar-refractivity contribution >= 4 is 5.91 Å². The summed E-state index contributed by atoms with van der Waals surface area (Å²) in [4.78, 5) is 25.9. The first-order chi connectivity index (χ1) is 17.0. The van der Waals surface area contributed by atoms with Gasteiger partial charge in [0.15, 0.2) is 23.0 Å². The summed E-state index contributed by atoms with van der Waals surface area (Å²) in [6.07, 6.45) is 4.60. The Morgan fingerprint density at radius 1 is 0.943 bits per heavy atom. The topological polar surface area (TPSA) is 75.0 Å². The standard InChI is InChI=1S/C18H15F2N3O4.C6H6.C2H6/c19-12-4-3-11-9-22-10-21(6-1-2-8-27-17(11)14(12)20)18(26)15-16(25)13(24)5-7-23(15)22;1-2-4-6-5-3-1;1-2/h1-5,7,25H,6,8-10H2;1-6H;1-2H3/b2-1+;;. The monoisotopic (exact) mass is 483 g/mol. The summed E-state index contributed by atoms with van der Waals surface area (Å²) in [6.45, 7) is 4.39. The number of pyridine rings is 1. The van der Waals surface area contributed by atoms with Crippen LogP contribution < -0.4 is 15.2 Å². The molecule has 0 spiro atoms. The minimum absolute atomic E-state index is 0.00541. The molecule has 0 saturated heterocycles. The first kappa shape index (κ1) is 25.5. The number of nitrogens with zero attached hydrogens (tertiary/aromatic N) is 3. The van der Waals surface area contributed by atoms with Crippen LogP contribution in [0.2, 0.25) is 0 Å². The highest BCUT2D eigenvalue weighted by Gasteiger charge is 2.32. The molecule has 0 fully saturated rings. The summed E-state index contributed by atoms with van der Waals surface area (Å²) in [5.41, 5.74) is -0.484. The molecule has 2 aromatic carbocycles.